The highest BCUT2D eigenvalue weighted by Crippen LogP contribution is 2.76. The summed E-state index contributed by atoms with van der Waals surface area (Å²) in [4.78, 5) is 28.8. The Balaban J connectivity index is 1.28. The number of hydrogen-bond acceptors (Lipinski definition) is 13. The van der Waals surface area contributed by atoms with E-state index in [9.17, 15) is 45.6 Å². The van der Waals surface area contributed by atoms with Gasteiger partial charge in [0.15, 0.2) is 6.29 Å². The molecule has 7 aliphatic rings. The summed E-state index contributed by atoms with van der Waals surface area (Å²) in [6.45, 7) is 13.9. The van der Waals surface area contributed by atoms with E-state index in [0.717, 1.165) is 12.0 Å². The van der Waals surface area contributed by atoms with Gasteiger partial charge in [-0.05, 0) is 111 Å². The Morgan fingerprint density at radius 3 is 2.09 bits per heavy atom. The van der Waals surface area contributed by atoms with E-state index in [1.54, 1.807) is 6.92 Å². The van der Waals surface area contributed by atoms with Gasteiger partial charge in [-0.3, -0.25) is 9.59 Å². The molecule has 0 aromatic carbocycles. The fourth-order valence-electron chi connectivity index (χ4n) is 13.8. The molecule has 0 radical (unpaired) electrons. The summed E-state index contributed by atoms with van der Waals surface area (Å²) in [5.41, 5.74) is -3.09. The highest BCUT2D eigenvalue weighted by Gasteiger charge is 2.74. The SMILES string of the molecule is C[C@H]1[C@H](C)CC[C@]2(C(=O)O)CC[C@]3(C(=O)O[C@@H]4O[C@H](CO)[C@@H](O)[C@H](O)[C@H]4O)C(=CC[C@@H]4[C@@]5(C)CC[C@H](O[C@@H]6O[C@H](C)[C@H](O)[C@H](O)[C@H]6O)C(C)(C)[C@H]5CC[C@]43C)[C@@H]12. The van der Waals surface area contributed by atoms with Crippen LogP contribution in [0.3, 0.4) is 0 Å². The monoisotopic (exact) mass is 794 g/mol. The summed E-state index contributed by atoms with van der Waals surface area (Å²) >= 11 is 0. The van der Waals surface area contributed by atoms with Crippen molar-refractivity contribution in [1.82, 2.24) is 0 Å². The zero-order valence-corrected chi connectivity index (χ0v) is 33.9. The van der Waals surface area contributed by atoms with Crippen molar-refractivity contribution in [2.75, 3.05) is 6.61 Å². The minimum absolute atomic E-state index is 0.0517. The van der Waals surface area contributed by atoms with Crippen LogP contribution in [0.5, 0.6) is 0 Å². The Morgan fingerprint density at radius 1 is 0.768 bits per heavy atom. The van der Waals surface area contributed by atoms with Crippen LogP contribution >= 0.6 is 0 Å². The van der Waals surface area contributed by atoms with Gasteiger partial charge in [0.25, 0.3) is 0 Å². The first kappa shape index (κ1) is 42.4. The van der Waals surface area contributed by atoms with Crippen molar-refractivity contribution in [3.8, 4) is 0 Å². The number of esters is 1. The van der Waals surface area contributed by atoms with Crippen LogP contribution in [-0.4, -0.2) is 127 Å². The Hall–Kier alpha value is -1.72. The minimum Gasteiger partial charge on any atom is -0.481 e. The first-order valence-electron chi connectivity index (χ1n) is 20.9. The van der Waals surface area contributed by atoms with Gasteiger partial charge in [-0.15, -0.1) is 0 Å². The first-order valence-corrected chi connectivity index (χ1v) is 20.9. The number of hydrogen-bond donors (Lipinski definition) is 8. The van der Waals surface area contributed by atoms with Crippen LogP contribution in [-0.2, 0) is 28.5 Å². The lowest BCUT2D eigenvalue weighted by Crippen LogP contribution is -2.69. The van der Waals surface area contributed by atoms with Crippen molar-refractivity contribution < 1.29 is 69.4 Å². The fraction of sp³-hybridized carbons (Fsp3) is 0.905. The van der Waals surface area contributed by atoms with E-state index in [-0.39, 0.29) is 48.0 Å². The largest absolute Gasteiger partial charge is 0.481 e. The highest BCUT2D eigenvalue weighted by molar-refractivity contribution is 5.85. The molecule has 8 N–H and O–H groups in total. The fourth-order valence-corrected chi connectivity index (χ4v) is 13.8. The molecule has 2 saturated heterocycles. The van der Waals surface area contributed by atoms with Crippen LogP contribution in [0.1, 0.15) is 106 Å². The average molecular weight is 795 g/mol. The van der Waals surface area contributed by atoms with E-state index >= 15 is 4.79 Å². The number of allylic oxidation sites excluding steroid dienone is 1. The van der Waals surface area contributed by atoms with Crippen LogP contribution < -0.4 is 0 Å². The third-order valence-electron chi connectivity index (χ3n) is 17.3. The van der Waals surface area contributed by atoms with Gasteiger partial charge in [0.1, 0.15) is 42.7 Å². The maximum atomic E-state index is 15.4. The molecule has 6 fully saturated rings. The van der Waals surface area contributed by atoms with Crippen molar-refractivity contribution in [2.45, 2.75) is 174 Å². The second-order valence-electron chi connectivity index (χ2n) is 20.0. The summed E-state index contributed by atoms with van der Waals surface area (Å²) < 4.78 is 24.3. The van der Waals surface area contributed by atoms with Crippen molar-refractivity contribution in [3.63, 3.8) is 0 Å². The molecule has 20 atom stereocenters. The Bertz CT molecular complexity index is 1550. The third-order valence-corrected chi connectivity index (χ3v) is 17.3. The van der Waals surface area contributed by atoms with E-state index in [2.05, 4.69) is 47.6 Å². The molecule has 2 heterocycles. The van der Waals surface area contributed by atoms with E-state index < -0.39 is 108 Å². The molecule has 5 aliphatic carbocycles. The van der Waals surface area contributed by atoms with Gasteiger partial charge >= 0.3 is 11.9 Å². The number of ether oxygens (including phenoxy) is 4. The molecule has 2 aliphatic heterocycles. The maximum absolute atomic E-state index is 15.4. The molecule has 7 rings (SSSR count). The van der Waals surface area contributed by atoms with E-state index in [1.165, 1.54) is 0 Å². The lowest BCUT2D eigenvalue weighted by molar-refractivity contribution is -0.325. The number of aliphatic hydroxyl groups excluding tert-OH is 7. The molecule has 0 aromatic rings. The summed E-state index contributed by atoms with van der Waals surface area (Å²) in [5, 5.41) is 84.7. The minimum atomic E-state index is -1.79. The molecular weight excluding hydrogens is 728 g/mol. The molecule has 0 spiro atoms. The molecule has 56 heavy (non-hydrogen) atoms. The second-order valence-corrected chi connectivity index (χ2v) is 20.0. The van der Waals surface area contributed by atoms with Crippen molar-refractivity contribution in [3.05, 3.63) is 11.6 Å². The average Bonchev–Trinajstić information content (AvgIpc) is 3.14. The van der Waals surface area contributed by atoms with Gasteiger partial charge in [0.2, 0.25) is 6.29 Å². The van der Waals surface area contributed by atoms with Crippen LogP contribution in [0, 0.1) is 56.7 Å². The molecular formula is C42H66O14. The van der Waals surface area contributed by atoms with Gasteiger partial charge < -0.3 is 59.8 Å². The van der Waals surface area contributed by atoms with Gasteiger partial charge in [-0.1, -0.05) is 53.2 Å². The Labute approximate surface area is 329 Å². The molecule has 0 bridgehead atoms. The van der Waals surface area contributed by atoms with Crippen LogP contribution in [0.2, 0.25) is 0 Å². The molecule has 0 unspecified atom stereocenters. The number of carbonyl (C=O) groups excluding carboxylic acids is 1. The third kappa shape index (κ3) is 5.85. The molecule has 0 amide bonds. The normalized spacial score (nSPS) is 54.0. The summed E-state index contributed by atoms with van der Waals surface area (Å²) in [5.74, 6) is -1.78. The number of carboxylic acid groups (broad SMARTS) is 1. The maximum Gasteiger partial charge on any atom is 0.319 e. The van der Waals surface area contributed by atoms with Crippen molar-refractivity contribution in [2.24, 2.45) is 56.7 Å². The number of rotatable bonds is 6. The second kappa shape index (κ2) is 14.5. The Morgan fingerprint density at radius 2 is 1.43 bits per heavy atom. The van der Waals surface area contributed by atoms with Crippen LogP contribution in [0.15, 0.2) is 11.6 Å². The standard InChI is InChI=1S/C42H66O14/c1-19-10-15-41(36(50)51)16-17-42(37(52)56-35-33(49)31(47)29(45)23(18-43)54-35)22(27(41)20(19)2)8-9-25-39(6)13-12-26(38(4,5)24(39)11-14-40(25,42)7)55-34-32(48)30(46)28(44)21(3)53-34/h8,19-21,23-35,43-49H,9-18H2,1-7H3,(H,50,51)/t19-,20+,21-,23-,24-,25-,26+,27-,28+,29-,30+,31+,32-,33-,34+,35+,39+,40-,41+,42-/m1/s1. The van der Waals surface area contributed by atoms with Gasteiger partial charge in [-0.25, -0.2) is 0 Å². The number of carboxylic acids is 1. The lowest BCUT2D eigenvalue weighted by Gasteiger charge is -2.71. The van der Waals surface area contributed by atoms with E-state index in [0.29, 0.717) is 38.5 Å². The molecule has 14 heteroatoms. The van der Waals surface area contributed by atoms with Crippen LogP contribution in [0.4, 0.5) is 0 Å². The topological polar surface area (TPSA) is 233 Å². The predicted molar refractivity (Wildman–Crippen MR) is 198 cm³/mol. The van der Waals surface area contributed by atoms with Gasteiger partial charge in [0.05, 0.1) is 29.6 Å². The number of aliphatic carboxylic acids is 1. The van der Waals surface area contributed by atoms with Crippen molar-refractivity contribution >= 4 is 11.9 Å². The summed E-state index contributed by atoms with van der Waals surface area (Å²) in [6, 6.07) is 0. The molecule has 4 saturated carbocycles. The van der Waals surface area contributed by atoms with Crippen molar-refractivity contribution in [1.29, 1.82) is 0 Å². The smallest absolute Gasteiger partial charge is 0.319 e. The lowest BCUT2D eigenvalue weighted by atomic mass is 9.33. The predicted octanol–water partition coefficient (Wildman–Crippen LogP) is 2.26. The number of aliphatic hydroxyl groups is 7. The zero-order valence-electron chi connectivity index (χ0n) is 33.9. The van der Waals surface area contributed by atoms with Crippen LogP contribution in [0.25, 0.3) is 0 Å². The van der Waals surface area contributed by atoms with Gasteiger partial charge in [0, 0.05) is 0 Å². The zero-order chi connectivity index (χ0) is 41.1. The van der Waals surface area contributed by atoms with E-state index in [1.807, 2.05) is 0 Å². The van der Waals surface area contributed by atoms with E-state index in [4.69, 9.17) is 18.9 Å². The highest BCUT2D eigenvalue weighted by atomic mass is 16.7. The number of fused-ring (bicyclic) bond motifs is 7. The summed E-state index contributed by atoms with van der Waals surface area (Å²) in [6.07, 6.45) is -7.29. The molecule has 318 valence electrons. The molecule has 0 aromatic heterocycles. The summed E-state index contributed by atoms with van der Waals surface area (Å²) in [7, 11) is 0. The Kier molecular flexibility index (Phi) is 11.0. The first-order chi connectivity index (χ1) is 26.1. The van der Waals surface area contributed by atoms with Gasteiger partial charge in [-0.2, -0.15) is 0 Å². The molecule has 14 nitrogen and oxygen atoms in total. The quantitative estimate of drug-likeness (QED) is 0.110. The number of carbonyl (C=O) groups is 2.